The van der Waals surface area contributed by atoms with Crippen molar-refractivity contribution in [2.75, 3.05) is 43.1 Å². The number of thioether (sulfide) groups is 1. The molecule has 0 bridgehead atoms. The number of pyridine rings is 1. The Morgan fingerprint density at radius 1 is 1.07 bits per heavy atom. The van der Waals surface area contributed by atoms with Crippen LogP contribution in [-0.2, 0) is 20.9 Å². The van der Waals surface area contributed by atoms with E-state index in [1.165, 1.54) is 11.8 Å². The highest BCUT2D eigenvalue weighted by atomic mass is 32.2. The van der Waals surface area contributed by atoms with E-state index in [0.717, 1.165) is 5.56 Å². The minimum atomic E-state index is -0.222. The van der Waals surface area contributed by atoms with Gasteiger partial charge in [-0.2, -0.15) is 0 Å². The van der Waals surface area contributed by atoms with E-state index in [1.807, 2.05) is 18.2 Å². The molecule has 158 valence electrons. The van der Waals surface area contributed by atoms with Crippen LogP contribution in [-0.4, -0.2) is 65.4 Å². The van der Waals surface area contributed by atoms with E-state index in [1.54, 1.807) is 35.5 Å². The van der Waals surface area contributed by atoms with E-state index in [9.17, 15) is 14.4 Å². The smallest absolute Gasteiger partial charge is 0.255 e. The second kappa shape index (κ2) is 11.3. The third-order valence-electron chi connectivity index (χ3n) is 4.44. The number of morpholine rings is 1. The van der Waals surface area contributed by atoms with Gasteiger partial charge in [-0.05, 0) is 29.8 Å². The number of nitrogens with one attached hydrogen (secondary N) is 2. The quantitative estimate of drug-likeness (QED) is 0.662. The second-order valence-corrected chi connectivity index (χ2v) is 7.64. The van der Waals surface area contributed by atoms with E-state index in [2.05, 4.69) is 15.6 Å². The molecule has 2 aromatic rings. The molecule has 0 radical (unpaired) electrons. The van der Waals surface area contributed by atoms with Crippen molar-refractivity contribution < 1.29 is 19.1 Å². The summed E-state index contributed by atoms with van der Waals surface area (Å²) in [6.45, 7) is 2.70. The number of ether oxygens (including phenoxy) is 1. The van der Waals surface area contributed by atoms with Crippen molar-refractivity contribution in [1.29, 1.82) is 0 Å². The molecule has 3 rings (SSSR count). The molecule has 1 aliphatic rings. The first kappa shape index (κ1) is 21.8. The Kier molecular flexibility index (Phi) is 8.22. The first-order chi connectivity index (χ1) is 14.6. The SMILES string of the molecule is O=C(CSCC(=O)N1CCOCC1)NCc1cccc(NC(=O)c2ccncc2)c1. The molecule has 0 saturated carbocycles. The minimum absolute atomic E-state index is 0.0359. The minimum Gasteiger partial charge on any atom is -0.378 e. The fraction of sp³-hybridized carbons (Fsp3) is 0.333. The number of hydrogen-bond acceptors (Lipinski definition) is 6. The number of hydrogen-bond donors (Lipinski definition) is 2. The van der Waals surface area contributed by atoms with Crippen LogP contribution in [0.3, 0.4) is 0 Å². The Morgan fingerprint density at radius 2 is 1.83 bits per heavy atom. The van der Waals surface area contributed by atoms with Crippen molar-refractivity contribution >= 4 is 35.2 Å². The fourth-order valence-electron chi connectivity index (χ4n) is 2.85. The van der Waals surface area contributed by atoms with Crippen LogP contribution in [0.1, 0.15) is 15.9 Å². The summed E-state index contributed by atoms with van der Waals surface area (Å²) in [5.41, 5.74) is 2.03. The van der Waals surface area contributed by atoms with Crippen molar-refractivity contribution in [2.24, 2.45) is 0 Å². The summed E-state index contributed by atoms with van der Waals surface area (Å²) < 4.78 is 5.23. The molecule has 0 aliphatic carbocycles. The van der Waals surface area contributed by atoms with Crippen molar-refractivity contribution in [3.8, 4) is 0 Å². The van der Waals surface area contributed by atoms with Crippen LogP contribution in [0.2, 0.25) is 0 Å². The normalized spacial score (nSPS) is 13.5. The van der Waals surface area contributed by atoms with Crippen LogP contribution in [0, 0.1) is 0 Å². The predicted octanol–water partition coefficient (Wildman–Crippen LogP) is 1.54. The molecule has 1 aromatic carbocycles. The molecule has 0 unspecified atom stereocenters. The molecule has 30 heavy (non-hydrogen) atoms. The number of aromatic nitrogens is 1. The van der Waals surface area contributed by atoms with Gasteiger partial charge in [-0.25, -0.2) is 0 Å². The van der Waals surface area contributed by atoms with Crippen LogP contribution >= 0.6 is 11.8 Å². The third-order valence-corrected chi connectivity index (χ3v) is 5.36. The second-order valence-electron chi connectivity index (χ2n) is 6.65. The third kappa shape index (κ3) is 6.85. The highest BCUT2D eigenvalue weighted by Gasteiger charge is 2.17. The van der Waals surface area contributed by atoms with Gasteiger partial charge in [0, 0.05) is 43.3 Å². The monoisotopic (exact) mass is 428 g/mol. The van der Waals surface area contributed by atoms with Crippen LogP contribution in [0.15, 0.2) is 48.8 Å². The Hall–Kier alpha value is -2.91. The summed E-state index contributed by atoms with van der Waals surface area (Å²) in [6.07, 6.45) is 3.13. The molecule has 1 saturated heterocycles. The van der Waals surface area contributed by atoms with E-state index in [-0.39, 0.29) is 29.2 Å². The Bertz CT molecular complexity index is 872. The topological polar surface area (TPSA) is 101 Å². The molecule has 0 atom stereocenters. The van der Waals surface area contributed by atoms with Gasteiger partial charge < -0.3 is 20.3 Å². The van der Waals surface area contributed by atoms with Crippen LogP contribution in [0.25, 0.3) is 0 Å². The van der Waals surface area contributed by atoms with Crippen molar-refractivity contribution in [3.05, 3.63) is 59.9 Å². The van der Waals surface area contributed by atoms with E-state index < -0.39 is 0 Å². The Morgan fingerprint density at radius 3 is 2.60 bits per heavy atom. The van der Waals surface area contributed by atoms with E-state index in [4.69, 9.17) is 4.74 Å². The Labute approximate surface area is 179 Å². The molecule has 2 heterocycles. The summed E-state index contributed by atoms with van der Waals surface area (Å²) in [7, 11) is 0. The van der Waals surface area contributed by atoms with Gasteiger partial charge in [0.15, 0.2) is 0 Å². The molecule has 9 heteroatoms. The average Bonchev–Trinajstić information content (AvgIpc) is 2.79. The molecule has 0 spiro atoms. The summed E-state index contributed by atoms with van der Waals surface area (Å²) in [5, 5.41) is 5.67. The molecule has 1 aliphatic heterocycles. The van der Waals surface area contributed by atoms with Gasteiger partial charge in [0.25, 0.3) is 5.91 Å². The number of amides is 3. The van der Waals surface area contributed by atoms with Gasteiger partial charge in [0.05, 0.1) is 24.7 Å². The molecule has 8 nitrogen and oxygen atoms in total. The molecule has 1 fully saturated rings. The fourth-order valence-corrected chi connectivity index (χ4v) is 3.60. The lowest BCUT2D eigenvalue weighted by atomic mass is 10.2. The van der Waals surface area contributed by atoms with Gasteiger partial charge in [0.2, 0.25) is 11.8 Å². The number of rotatable bonds is 8. The molecule has 2 N–H and O–H groups in total. The number of anilines is 1. The molecular weight excluding hydrogens is 404 g/mol. The van der Waals surface area contributed by atoms with E-state index >= 15 is 0 Å². The van der Waals surface area contributed by atoms with Gasteiger partial charge in [-0.1, -0.05) is 12.1 Å². The largest absolute Gasteiger partial charge is 0.378 e. The van der Waals surface area contributed by atoms with Crippen LogP contribution < -0.4 is 10.6 Å². The summed E-state index contributed by atoms with van der Waals surface area (Å²) in [4.78, 5) is 42.0. The van der Waals surface area contributed by atoms with Gasteiger partial charge in [-0.3, -0.25) is 19.4 Å². The number of carbonyl (C=O) groups excluding carboxylic acids is 3. The number of carbonyl (C=O) groups is 3. The lowest BCUT2D eigenvalue weighted by Crippen LogP contribution is -2.41. The van der Waals surface area contributed by atoms with Crippen LogP contribution in [0.5, 0.6) is 0 Å². The van der Waals surface area contributed by atoms with Crippen molar-refractivity contribution in [2.45, 2.75) is 6.54 Å². The highest BCUT2D eigenvalue weighted by molar-refractivity contribution is 8.00. The lowest BCUT2D eigenvalue weighted by Gasteiger charge is -2.26. The summed E-state index contributed by atoms with van der Waals surface area (Å²) in [6, 6.07) is 10.6. The van der Waals surface area contributed by atoms with Gasteiger partial charge in [0.1, 0.15) is 0 Å². The van der Waals surface area contributed by atoms with E-state index in [0.29, 0.717) is 44.1 Å². The maximum absolute atomic E-state index is 12.2. The summed E-state index contributed by atoms with van der Waals surface area (Å²) in [5.74, 6) is 0.174. The van der Waals surface area contributed by atoms with Gasteiger partial charge in [-0.15, -0.1) is 11.8 Å². The average molecular weight is 429 g/mol. The summed E-state index contributed by atoms with van der Waals surface area (Å²) >= 11 is 1.30. The standard InChI is InChI=1S/C21H24N4O4S/c26-19(14-30-15-20(27)25-8-10-29-11-9-25)23-13-16-2-1-3-18(12-16)24-21(28)17-4-6-22-7-5-17/h1-7,12H,8-11,13-15H2,(H,23,26)(H,24,28). The maximum atomic E-state index is 12.2. The zero-order valence-electron chi connectivity index (χ0n) is 16.5. The first-order valence-corrected chi connectivity index (χ1v) is 10.8. The lowest BCUT2D eigenvalue weighted by molar-refractivity contribution is -0.132. The molecule has 1 aromatic heterocycles. The zero-order valence-corrected chi connectivity index (χ0v) is 17.3. The maximum Gasteiger partial charge on any atom is 0.255 e. The van der Waals surface area contributed by atoms with Crippen molar-refractivity contribution in [3.63, 3.8) is 0 Å². The number of nitrogens with zero attached hydrogens (tertiary/aromatic N) is 2. The predicted molar refractivity (Wildman–Crippen MR) is 115 cm³/mol. The Balaban J connectivity index is 1.40. The zero-order chi connectivity index (χ0) is 21.2. The van der Waals surface area contributed by atoms with Crippen molar-refractivity contribution in [1.82, 2.24) is 15.2 Å². The molecular formula is C21H24N4O4S. The number of benzene rings is 1. The van der Waals surface area contributed by atoms with Gasteiger partial charge >= 0.3 is 0 Å². The van der Waals surface area contributed by atoms with Crippen LogP contribution in [0.4, 0.5) is 5.69 Å². The first-order valence-electron chi connectivity index (χ1n) is 9.62. The molecule has 3 amide bonds. The highest BCUT2D eigenvalue weighted by Crippen LogP contribution is 2.12.